The summed E-state index contributed by atoms with van der Waals surface area (Å²) in [6.07, 6.45) is 8.43. The smallest absolute Gasteiger partial charge is 0.226 e. The zero-order valence-electron chi connectivity index (χ0n) is 27.5. The molecule has 1 amide bonds. The molecule has 10 rings (SSSR count). The summed E-state index contributed by atoms with van der Waals surface area (Å²) in [5, 5.41) is 23.3. The molecular formula is C38H42Cl2FN5O2. The molecule has 48 heavy (non-hydrogen) atoms. The predicted octanol–water partition coefficient (Wildman–Crippen LogP) is 8.42. The third-order valence-corrected chi connectivity index (χ3v) is 11.5. The number of amides is 1. The number of carbonyl (C=O) groups excluding carboxylic acids is 1. The van der Waals surface area contributed by atoms with Crippen LogP contribution in [-0.2, 0) is 11.2 Å². The van der Waals surface area contributed by atoms with Crippen LogP contribution < -0.4 is 5.32 Å². The number of rotatable bonds is 5. The molecule has 2 bridgehead atoms. The van der Waals surface area contributed by atoms with Gasteiger partial charge in [-0.05, 0) is 100 Å². The lowest BCUT2D eigenvalue weighted by molar-refractivity contribution is -0.133. The Morgan fingerprint density at radius 2 is 1.92 bits per heavy atom. The molecule has 3 N–H and O–H groups in total. The number of hydrogen-bond acceptors (Lipinski definition) is 5. The van der Waals surface area contributed by atoms with Crippen LogP contribution in [0.25, 0.3) is 32.9 Å². The number of aromatic nitrogens is 2. The highest BCUT2D eigenvalue weighted by molar-refractivity contribution is 6.43. The molecule has 3 atom stereocenters. The van der Waals surface area contributed by atoms with Gasteiger partial charge in [-0.3, -0.25) is 4.79 Å². The van der Waals surface area contributed by atoms with Crippen LogP contribution in [0.3, 0.4) is 0 Å². The minimum Gasteiger partial charge on any atom is -0.393 e. The highest BCUT2D eigenvalue weighted by Gasteiger charge is 2.39. The first-order chi connectivity index (χ1) is 23.1. The van der Waals surface area contributed by atoms with Gasteiger partial charge >= 0.3 is 0 Å². The van der Waals surface area contributed by atoms with E-state index in [-0.39, 0.29) is 40.9 Å². The summed E-state index contributed by atoms with van der Waals surface area (Å²) in [5.41, 5.74) is 4.17. The first kappa shape index (κ1) is 33.3. The summed E-state index contributed by atoms with van der Waals surface area (Å²) >= 11 is 12.8. The number of nitrogens with zero attached hydrogens (tertiary/aromatic N) is 3. The SMILES string of the molecule is C1NC2CC1C2.CC1CC1O.Cc1nc2c(F)c(-c3cccc(Cl)c3Cl)c(CCC#N)cc2c2[nH]c(C3CCCN3C(=O)C3CC3)cc12. The quantitative estimate of drug-likeness (QED) is 0.195. The van der Waals surface area contributed by atoms with Gasteiger partial charge in [0.15, 0.2) is 5.82 Å². The number of aliphatic hydroxyl groups excluding tert-OH is 1. The van der Waals surface area contributed by atoms with E-state index >= 15 is 4.39 Å². The number of carbonyl (C=O) groups is 1. The number of aliphatic hydroxyl groups is 1. The number of aryl methyl sites for hydroxylation is 2. The van der Waals surface area contributed by atoms with Gasteiger partial charge in [-0.1, -0.05) is 42.3 Å². The molecule has 0 spiro atoms. The van der Waals surface area contributed by atoms with E-state index in [1.807, 2.05) is 24.8 Å². The Bertz CT molecular complexity index is 1890. The molecule has 3 unspecified atom stereocenters. The molecule has 3 saturated carbocycles. The van der Waals surface area contributed by atoms with E-state index in [1.54, 1.807) is 18.2 Å². The molecule has 4 aromatic rings. The van der Waals surface area contributed by atoms with E-state index in [9.17, 15) is 10.1 Å². The molecule has 10 heteroatoms. The molecule has 0 radical (unpaired) electrons. The van der Waals surface area contributed by atoms with Crippen molar-refractivity contribution in [2.75, 3.05) is 13.1 Å². The van der Waals surface area contributed by atoms with Crippen LogP contribution in [0, 0.1) is 41.8 Å². The van der Waals surface area contributed by atoms with Crippen LogP contribution in [0.2, 0.25) is 10.0 Å². The molecule has 252 valence electrons. The van der Waals surface area contributed by atoms with Crippen molar-refractivity contribution in [2.45, 2.75) is 89.8 Å². The van der Waals surface area contributed by atoms with Gasteiger partial charge in [0, 0.05) is 58.2 Å². The Hall–Kier alpha value is -3.22. The first-order valence-corrected chi connectivity index (χ1v) is 18.1. The second-order valence-electron chi connectivity index (χ2n) is 14.3. The number of nitrogens with one attached hydrogen (secondary N) is 2. The van der Waals surface area contributed by atoms with Gasteiger partial charge < -0.3 is 20.3 Å². The topological polar surface area (TPSA) is 105 Å². The summed E-state index contributed by atoms with van der Waals surface area (Å²) in [6.45, 7) is 6.00. The van der Waals surface area contributed by atoms with Gasteiger partial charge in [-0.25, -0.2) is 9.37 Å². The van der Waals surface area contributed by atoms with Crippen molar-refractivity contribution in [1.82, 2.24) is 20.2 Å². The lowest BCUT2D eigenvalue weighted by atomic mass is 9.87. The normalized spacial score (nSPS) is 25.2. The number of likely N-dealkylation sites (tertiary alicyclic amines) is 1. The lowest BCUT2D eigenvalue weighted by Crippen LogP contribution is -2.31. The van der Waals surface area contributed by atoms with Crippen LogP contribution in [0.4, 0.5) is 4.39 Å². The molecule has 3 saturated heterocycles. The van der Waals surface area contributed by atoms with Gasteiger partial charge in [0.25, 0.3) is 0 Å². The second-order valence-corrected chi connectivity index (χ2v) is 15.1. The van der Waals surface area contributed by atoms with Gasteiger partial charge in [0.05, 0.1) is 33.8 Å². The van der Waals surface area contributed by atoms with Crippen molar-refractivity contribution in [3.05, 3.63) is 63.1 Å². The number of aromatic amines is 1. The number of halogens is 3. The first-order valence-electron chi connectivity index (χ1n) is 17.3. The second kappa shape index (κ2) is 13.6. The lowest BCUT2D eigenvalue weighted by Gasteiger charge is -2.24. The number of benzene rings is 2. The van der Waals surface area contributed by atoms with E-state index in [2.05, 4.69) is 27.4 Å². The van der Waals surface area contributed by atoms with Gasteiger partial charge in [0.1, 0.15) is 5.52 Å². The summed E-state index contributed by atoms with van der Waals surface area (Å²) in [6, 6.07) is 12.2. The fourth-order valence-corrected chi connectivity index (χ4v) is 7.77. The van der Waals surface area contributed by atoms with E-state index < -0.39 is 5.82 Å². The fourth-order valence-electron chi connectivity index (χ4n) is 7.37. The fraction of sp³-hybridized carbons (Fsp3) is 0.500. The van der Waals surface area contributed by atoms with Gasteiger partial charge in [-0.2, -0.15) is 5.26 Å². The van der Waals surface area contributed by atoms with Crippen molar-refractivity contribution in [1.29, 1.82) is 5.26 Å². The van der Waals surface area contributed by atoms with Crippen LogP contribution in [0.1, 0.15) is 81.3 Å². The van der Waals surface area contributed by atoms with Crippen molar-refractivity contribution >= 4 is 50.9 Å². The summed E-state index contributed by atoms with van der Waals surface area (Å²) < 4.78 is 16.3. The zero-order chi connectivity index (χ0) is 33.7. The molecule has 7 nitrogen and oxygen atoms in total. The molecule has 2 aromatic carbocycles. The van der Waals surface area contributed by atoms with Crippen LogP contribution in [0.5, 0.6) is 0 Å². The minimum absolute atomic E-state index is 0.0117. The zero-order valence-corrected chi connectivity index (χ0v) is 29.0. The number of hydrogen-bond donors (Lipinski definition) is 3. The Kier molecular flexibility index (Phi) is 9.42. The van der Waals surface area contributed by atoms with Crippen LogP contribution in [0.15, 0.2) is 30.3 Å². The summed E-state index contributed by atoms with van der Waals surface area (Å²) in [5.74, 6) is 1.61. The third-order valence-electron chi connectivity index (χ3n) is 10.6. The largest absolute Gasteiger partial charge is 0.393 e. The number of pyridine rings is 1. The van der Waals surface area contributed by atoms with E-state index in [1.165, 1.54) is 19.4 Å². The van der Waals surface area contributed by atoms with Crippen LogP contribution >= 0.6 is 23.2 Å². The van der Waals surface area contributed by atoms with E-state index in [0.717, 1.165) is 67.2 Å². The average molecular weight is 691 g/mol. The Labute approximate surface area is 290 Å². The predicted molar refractivity (Wildman–Crippen MR) is 188 cm³/mol. The maximum absolute atomic E-state index is 16.3. The highest BCUT2D eigenvalue weighted by Crippen LogP contribution is 2.43. The van der Waals surface area contributed by atoms with Gasteiger partial charge in [-0.15, -0.1) is 0 Å². The molecule has 3 aliphatic heterocycles. The van der Waals surface area contributed by atoms with Crippen molar-refractivity contribution in [3.8, 4) is 17.2 Å². The molecule has 6 aliphatic rings. The summed E-state index contributed by atoms with van der Waals surface area (Å²) in [7, 11) is 0. The molecule has 6 fully saturated rings. The van der Waals surface area contributed by atoms with Gasteiger partial charge in [0.2, 0.25) is 5.91 Å². The minimum atomic E-state index is -0.484. The summed E-state index contributed by atoms with van der Waals surface area (Å²) in [4.78, 5) is 23.1. The number of fused-ring (bicyclic) bond motifs is 4. The van der Waals surface area contributed by atoms with E-state index in [0.29, 0.717) is 45.1 Å². The van der Waals surface area contributed by atoms with Crippen LogP contribution in [-0.4, -0.2) is 51.1 Å². The standard InChI is InChI=1S/C29H25Cl2FN4O.C5H9N.C4H8O/c1-15-19-14-22(23-8-4-12-36(23)29(37)16-9-10-16)35-27(19)20-13-17(5-3-11-33)24(26(32)28(20)34-15)18-6-2-7-21(30)25(18)31;1-4-2-5(1)6-3-4;1-3-2-4(3)5/h2,6-7,13-14,16,23,35H,3-5,8-10,12H2,1H3;4-6H,1-3H2;3-5H,2H2,1H3. The molecule has 2 aromatic heterocycles. The molecule has 3 aliphatic carbocycles. The molecule has 5 heterocycles. The van der Waals surface area contributed by atoms with Crippen molar-refractivity contribution in [2.24, 2.45) is 17.8 Å². The Morgan fingerprint density at radius 1 is 1.17 bits per heavy atom. The number of H-pyrrole nitrogens is 1. The maximum Gasteiger partial charge on any atom is 0.226 e. The highest BCUT2D eigenvalue weighted by atomic mass is 35.5. The Morgan fingerprint density at radius 3 is 2.52 bits per heavy atom. The van der Waals surface area contributed by atoms with Crippen molar-refractivity contribution in [3.63, 3.8) is 0 Å². The van der Waals surface area contributed by atoms with E-state index in [4.69, 9.17) is 28.3 Å². The number of nitriles is 1. The van der Waals surface area contributed by atoms with Crippen molar-refractivity contribution < 1.29 is 14.3 Å². The Balaban J connectivity index is 0.000000277. The maximum atomic E-state index is 16.3. The molecular weight excluding hydrogens is 648 g/mol. The monoisotopic (exact) mass is 689 g/mol. The average Bonchev–Trinajstić information content (AvgIpc) is 3.63. The third kappa shape index (κ3) is 6.55.